The van der Waals surface area contributed by atoms with Crippen LogP contribution in [0.25, 0.3) is 22.0 Å². The van der Waals surface area contributed by atoms with Crippen molar-refractivity contribution in [2.75, 3.05) is 43.1 Å². The molecule has 0 amide bonds. The highest BCUT2D eigenvalue weighted by Crippen LogP contribution is 2.39. The first kappa shape index (κ1) is 22.7. The molecule has 0 radical (unpaired) electrons. The lowest BCUT2D eigenvalue weighted by molar-refractivity contribution is 0.418. The summed E-state index contributed by atoms with van der Waals surface area (Å²) in [5, 5.41) is 10.1. The summed E-state index contributed by atoms with van der Waals surface area (Å²) in [7, 11) is 1.73. The van der Waals surface area contributed by atoms with Crippen molar-refractivity contribution in [3.8, 4) is 22.9 Å². The zero-order valence-electron chi connectivity index (χ0n) is 20.4. The fourth-order valence-corrected chi connectivity index (χ4v) is 4.69. The van der Waals surface area contributed by atoms with Gasteiger partial charge >= 0.3 is 0 Å². The van der Waals surface area contributed by atoms with Gasteiger partial charge in [-0.3, -0.25) is 4.98 Å². The van der Waals surface area contributed by atoms with Crippen LogP contribution in [0, 0.1) is 11.3 Å². The molecule has 2 aromatic heterocycles. The molecule has 1 aliphatic rings. The first-order valence-electron chi connectivity index (χ1n) is 12.0. The van der Waals surface area contributed by atoms with E-state index in [1.165, 1.54) is 5.56 Å². The Morgan fingerprint density at radius 1 is 0.886 bits per heavy atom. The van der Waals surface area contributed by atoms with Crippen molar-refractivity contribution in [2.45, 2.75) is 19.8 Å². The predicted molar refractivity (Wildman–Crippen MR) is 141 cm³/mol. The second-order valence-corrected chi connectivity index (χ2v) is 9.15. The molecule has 1 saturated heterocycles. The molecule has 0 N–H and O–H groups in total. The quantitative estimate of drug-likeness (QED) is 0.382. The van der Waals surface area contributed by atoms with E-state index in [9.17, 15) is 0 Å². The maximum absolute atomic E-state index is 9.12. The van der Waals surface area contributed by atoms with Crippen LogP contribution in [0.1, 0.15) is 30.9 Å². The predicted octanol–water partition coefficient (Wildman–Crippen LogP) is 5.63. The summed E-state index contributed by atoms with van der Waals surface area (Å²) in [5.41, 5.74) is 5.87. The molecule has 0 saturated carbocycles. The van der Waals surface area contributed by atoms with Crippen LogP contribution < -0.4 is 14.5 Å². The number of para-hydroxylation sites is 1. The minimum Gasteiger partial charge on any atom is -0.494 e. The molecule has 6 heteroatoms. The second-order valence-electron chi connectivity index (χ2n) is 9.15. The summed E-state index contributed by atoms with van der Waals surface area (Å²) in [4.78, 5) is 14.3. The molecule has 1 aliphatic heterocycles. The lowest BCUT2D eigenvalue weighted by Gasteiger charge is -2.37. The van der Waals surface area contributed by atoms with Crippen molar-refractivity contribution in [1.29, 1.82) is 5.26 Å². The van der Waals surface area contributed by atoms with Gasteiger partial charge in [-0.25, -0.2) is 4.98 Å². The van der Waals surface area contributed by atoms with Crippen molar-refractivity contribution in [2.24, 2.45) is 0 Å². The van der Waals surface area contributed by atoms with Crippen LogP contribution >= 0.6 is 0 Å². The Balaban J connectivity index is 1.40. The Morgan fingerprint density at radius 3 is 2.26 bits per heavy atom. The van der Waals surface area contributed by atoms with E-state index in [2.05, 4.69) is 54.0 Å². The van der Waals surface area contributed by atoms with Crippen LogP contribution in [0.5, 0.6) is 5.75 Å². The number of methoxy groups -OCH3 is 1. The van der Waals surface area contributed by atoms with Gasteiger partial charge in [0.15, 0.2) is 5.75 Å². The van der Waals surface area contributed by atoms with Crippen LogP contribution in [0.2, 0.25) is 0 Å². The molecule has 0 spiro atoms. The average molecular weight is 464 g/mol. The number of piperazine rings is 1. The number of rotatable bonds is 5. The third kappa shape index (κ3) is 4.38. The monoisotopic (exact) mass is 463 g/mol. The van der Waals surface area contributed by atoms with Gasteiger partial charge < -0.3 is 14.5 Å². The molecule has 0 bridgehead atoms. The van der Waals surface area contributed by atoms with Crippen LogP contribution in [0.4, 0.5) is 11.5 Å². The number of anilines is 2. The molecule has 3 heterocycles. The first-order valence-corrected chi connectivity index (χ1v) is 12.0. The summed E-state index contributed by atoms with van der Waals surface area (Å²) >= 11 is 0. The van der Waals surface area contributed by atoms with Gasteiger partial charge in [0, 0.05) is 43.3 Å². The Labute approximate surface area is 206 Å². The molecular weight excluding hydrogens is 434 g/mol. The van der Waals surface area contributed by atoms with Gasteiger partial charge in [-0.2, -0.15) is 5.26 Å². The van der Waals surface area contributed by atoms with Crippen LogP contribution in [-0.2, 0) is 0 Å². The van der Waals surface area contributed by atoms with Gasteiger partial charge in [-0.1, -0.05) is 44.2 Å². The van der Waals surface area contributed by atoms with Crippen molar-refractivity contribution >= 4 is 22.4 Å². The van der Waals surface area contributed by atoms with E-state index >= 15 is 0 Å². The number of hydrogen-bond acceptors (Lipinski definition) is 6. The van der Waals surface area contributed by atoms with Crippen LogP contribution in [0.15, 0.2) is 67.0 Å². The molecule has 35 heavy (non-hydrogen) atoms. The molecule has 5 rings (SSSR count). The summed E-state index contributed by atoms with van der Waals surface area (Å²) < 4.78 is 5.94. The maximum Gasteiger partial charge on any atom is 0.153 e. The number of aromatic nitrogens is 2. The standard InChI is InChI=1S/C29H29N5O/c1-20(2)23-11-12-27(31-18-23)34-15-13-33(14-16-34)26-19-32-28-24(5-4-6-25(28)29(26)35-3)22-9-7-21(17-30)8-10-22/h4-12,18-20H,13-16H2,1-3H3. The average Bonchev–Trinajstić information content (AvgIpc) is 2.92. The number of benzene rings is 2. The summed E-state index contributed by atoms with van der Waals surface area (Å²) in [6.45, 7) is 7.89. The molecule has 0 atom stereocenters. The molecule has 4 aromatic rings. The van der Waals surface area contributed by atoms with Crippen molar-refractivity contribution in [3.05, 3.63) is 78.1 Å². The fraction of sp³-hybridized carbons (Fsp3) is 0.276. The van der Waals surface area contributed by atoms with E-state index < -0.39 is 0 Å². The molecule has 1 fully saturated rings. The number of nitrogens with zero attached hydrogens (tertiary/aromatic N) is 5. The highest BCUT2D eigenvalue weighted by molar-refractivity contribution is 5.99. The lowest BCUT2D eigenvalue weighted by Crippen LogP contribution is -2.47. The Morgan fingerprint density at radius 2 is 1.63 bits per heavy atom. The smallest absolute Gasteiger partial charge is 0.153 e. The highest BCUT2D eigenvalue weighted by atomic mass is 16.5. The van der Waals surface area contributed by atoms with Gasteiger partial charge in [-0.05, 0) is 41.3 Å². The summed E-state index contributed by atoms with van der Waals surface area (Å²) in [5.74, 6) is 2.36. The number of ether oxygens (including phenoxy) is 1. The first-order chi connectivity index (χ1) is 17.1. The molecule has 2 aromatic carbocycles. The van der Waals surface area contributed by atoms with Gasteiger partial charge in [0.2, 0.25) is 0 Å². The van der Waals surface area contributed by atoms with Gasteiger partial charge in [0.05, 0.1) is 36.1 Å². The number of nitriles is 1. The minimum absolute atomic E-state index is 0.485. The highest BCUT2D eigenvalue weighted by Gasteiger charge is 2.23. The van der Waals surface area contributed by atoms with Gasteiger partial charge in [-0.15, -0.1) is 0 Å². The third-order valence-corrected chi connectivity index (χ3v) is 6.74. The van der Waals surface area contributed by atoms with E-state index in [0.717, 1.165) is 65.5 Å². The molecule has 0 unspecified atom stereocenters. The van der Waals surface area contributed by atoms with Gasteiger partial charge in [0.1, 0.15) is 5.82 Å². The van der Waals surface area contributed by atoms with E-state index in [1.807, 2.05) is 42.7 Å². The topological polar surface area (TPSA) is 65.3 Å². The summed E-state index contributed by atoms with van der Waals surface area (Å²) in [6.07, 6.45) is 3.92. The largest absolute Gasteiger partial charge is 0.494 e. The molecule has 176 valence electrons. The van der Waals surface area contributed by atoms with Crippen molar-refractivity contribution in [3.63, 3.8) is 0 Å². The van der Waals surface area contributed by atoms with Crippen LogP contribution in [-0.4, -0.2) is 43.3 Å². The molecular formula is C29H29N5O. The lowest BCUT2D eigenvalue weighted by atomic mass is 10.00. The van der Waals surface area contributed by atoms with E-state index in [-0.39, 0.29) is 0 Å². The van der Waals surface area contributed by atoms with E-state index in [0.29, 0.717) is 11.5 Å². The zero-order chi connectivity index (χ0) is 24.4. The number of pyridine rings is 2. The summed E-state index contributed by atoms with van der Waals surface area (Å²) in [6, 6.07) is 20.3. The third-order valence-electron chi connectivity index (χ3n) is 6.74. The van der Waals surface area contributed by atoms with Crippen molar-refractivity contribution in [1.82, 2.24) is 9.97 Å². The fourth-order valence-electron chi connectivity index (χ4n) is 4.69. The van der Waals surface area contributed by atoms with E-state index in [4.69, 9.17) is 20.0 Å². The second kappa shape index (κ2) is 9.63. The number of hydrogen-bond donors (Lipinski definition) is 0. The van der Waals surface area contributed by atoms with E-state index in [1.54, 1.807) is 7.11 Å². The Kier molecular flexibility index (Phi) is 6.24. The van der Waals surface area contributed by atoms with Gasteiger partial charge in [0.25, 0.3) is 0 Å². The normalized spacial score (nSPS) is 13.8. The number of fused-ring (bicyclic) bond motifs is 1. The Bertz CT molecular complexity index is 1370. The van der Waals surface area contributed by atoms with Crippen LogP contribution in [0.3, 0.4) is 0 Å². The maximum atomic E-state index is 9.12. The molecule has 0 aliphatic carbocycles. The Hall–Kier alpha value is -4.11. The SMILES string of the molecule is COc1c(N2CCN(c3ccc(C(C)C)cn3)CC2)cnc2c(-c3ccc(C#N)cc3)cccc12. The molecule has 6 nitrogen and oxygen atoms in total. The van der Waals surface area contributed by atoms with Crippen molar-refractivity contribution < 1.29 is 4.74 Å². The minimum atomic E-state index is 0.485. The zero-order valence-corrected chi connectivity index (χ0v) is 20.4.